The van der Waals surface area contributed by atoms with Crippen molar-refractivity contribution in [1.82, 2.24) is 5.32 Å². The van der Waals surface area contributed by atoms with Gasteiger partial charge < -0.3 is 10.1 Å². The molecule has 0 spiro atoms. The number of nitrogens with one attached hydrogen (secondary N) is 1. The zero-order valence-electron chi connectivity index (χ0n) is 10.1. The zero-order valence-corrected chi connectivity index (χ0v) is 10.9. The third-order valence-electron chi connectivity index (χ3n) is 3.11. The lowest BCUT2D eigenvalue weighted by atomic mass is 10.0. The highest BCUT2D eigenvalue weighted by atomic mass is 35.5. The summed E-state index contributed by atoms with van der Waals surface area (Å²) in [5.41, 5.74) is 1.38. The summed E-state index contributed by atoms with van der Waals surface area (Å²) < 4.78 is 5.57. The molecule has 1 heterocycles. The Kier molecular flexibility index (Phi) is 5.14. The maximum Gasteiger partial charge on any atom is 0.119 e. The molecule has 0 radical (unpaired) electrons. The van der Waals surface area contributed by atoms with E-state index in [0.717, 1.165) is 18.6 Å². The van der Waals surface area contributed by atoms with Crippen LogP contribution in [0, 0.1) is 0 Å². The summed E-state index contributed by atoms with van der Waals surface area (Å²) in [4.78, 5) is 0. The van der Waals surface area contributed by atoms with E-state index >= 15 is 0 Å². The van der Waals surface area contributed by atoms with Crippen LogP contribution in [0.15, 0.2) is 24.3 Å². The van der Waals surface area contributed by atoms with Gasteiger partial charge in [0, 0.05) is 11.9 Å². The highest BCUT2D eigenvalue weighted by Crippen LogP contribution is 2.16. The molecule has 1 aliphatic heterocycles. The van der Waals surface area contributed by atoms with Gasteiger partial charge in [-0.3, -0.25) is 0 Å². The predicted octanol–water partition coefficient (Wildman–Crippen LogP) is 2.99. The Labute approximate surface area is 108 Å². The molecule has 0 amide bonds. The van der Waals surface area contributed by atoms with Crippen LogP contribution in [-0.2, 0) is 6.42 Å². The Balaban J connectivity index is 1.80. The molecule has 2 nitrogen and oxygen atoms in total. The highest BCUT2D eigenvalue weighted by Gasteiger charge is 2.13. The molecule has 1 aromatic carbocycles. The van der Waals surface area contributed by atoms with Gasteiger partial charge in [0.25, 0.3) is 0 Å². The molecule has 17 heavy (non-hydrogen) atoms. The molecule has 3 heteroatoms. The fourth-order valence-corrected chi connectivity index (χ4v) is 2.29. The van der Waals surface area contributed by atoms with Crippen LogP contribution < -0.4 is 10.1 Å². The van der Waals surface area contributed by atoms with Crippen molar-refractivity contribution < 1.29 is 4.74 Å². The zero-order chi connectivity index (χ0) is 11.9. The largest absolute Gasteiger partial charge is 0.494 e. The Morgan fingerprint density at radius 3 is 2.76 bits per heavy atom. The van der Waals surface area contributed by atoms with Crippen LogP contribution in [0.1, 0.15) is 24.8 Å². The van der Waals surface area contributed by atoms with Gasteiger partial charge in [-0.05, 0) is 49.9 Å². The van der Waals surface area contributed by atoms with Gasteiger partial charge in [0.1, 0.15) is 5.75 Å². The van der Waals surface area contributed by atoms with Gasteiger partial charge in [0.15, 0.2) is 0 Å². The Morgan fingerprint density at radius 1 is 1.29 bits per heavy atom. The van der Waals surface area contributed by atoms with Crippen molar-refractivity contribution in [2.24, 2.45) is 0 Å². The molecule has 1 N–H and O–H groups in total. The smallest absolute Gasteiger partial charge is 0.119 e. The summed E-state index contributed by atoms with van der Waals surface area (Å²) in [7, 11) is 0. The number of rotatable bonds is 6. The molecule has 1 unspecified atom stereocenters. The first-order valence-electron chi connectivity index (χ1n) is 6.39. The van der Waals surface area contributed by atoms with Crippen LogP contribution in [0.3, 0.4) is 0 Å². The molecule has 1 fully saturated rings. The molecular weight excluding hydrogens is 234 g/mol. The van der Waals surface area contributed by atoms with Crippen molar-refractivity contribution in [2.75, 3.05) is 19.0 Å². The molecular formula is C14H20ClNO. The lowest BCUT2D eigenvalue weighted by Crippen LogP contribution is -2.23. The molecule has 0 aromatic heterocycles. The van der Waals surface area contributed by atoms with Gasteiger partial charge in [0.2, 0.25) is 0 Å². The van der Waals surface area contributed by atoms with Crippen LogP contribution >= 0.6 is 11.6 Å². The lowest BCUT2D eigenvalue weighted by molar-refractivity contribution is 0.318. The first-order chi connectivity index (χ1) is 8.38. The van der Waals surface area contributed by atoms with Crippen LogP contribution in [0.5, 0.6) is 5.75 Å². The standard InChI is InChI=1S/C14H20ClNO/c15-8-2-10-17-14-6-4-12(5-7-14)11-13-3-1-9-16-13/h4-7,13,16H,1-3,8-11H2. The van der Waals surface area contributed by atoms with E-state index in [1.54, 1.807) is 0 Å². The highest BCUT2D eigenvalue weighted by molar-refractivity contribution is 6.17. The second kappa shape index (κ2) is 6.87. The van der Waals surface area contributed by atoms with Gasteiger partial charge in [-0.2, -0.15) is 0 Å². The van der Waals surface area contributed by atoms with E-state index in [2.05, 4.69) is 29.6 Å². The van der Waals surface area contributed by atoms with Crippen molar-refractivity contribution in [3.05, 3.63) is 29.8 Å². The van der Waals surface area contributed by atoms with Gasteiger partial charge in [-0.1, -0.05) is 12.1 Å². The van der Waals surface area contributed by atoms with Crippen molar-refractivity contribution >= 4 is 11.6 Å². The van der Waals surface area contributed by atoms with Gasteiger partial charge >= 0.3 is 0 Å². The van der Waals surface area contributed by atoms with Gasteiger partial charge in [0.05, 0.1) is 6.61 Å². The van der Waals surface area contributed by atoms with E-state index in [9.17, 15) is 0 Å². The van der Waals surface area contributed by atoms with E-state index in [4.69, 9.17) is 16.3 Å². The molecule has 2 rings (SSSR count). The molecule has 0 aliphatic carbocycles. The van der Waals surface area contributed by atoms with Crippen LogP contribution in [0.25, 0.3) is 0 Å². The third kappa shape index (κ3) is 4.21. The number of hydrogen-bond acceptors (Lipinski definition) is 2. The summed E-state index contributed by atoms with van der Waals surface area (Å²) >= 11 is 5.60. The van der Waals surface area contributed by atoms with Crippen molar-refractivity contribution in [2.45, 2.75) is 31.7 Å². The fourth-order valence-electron chi connectivity index (χ4n) is 2.18. The van der Waals surface area contributed by atoms with E-state index in [1.807, 2.05) is 0 Å². The third-order valence-corrected chi connectivity index (χ3v) is 3.38. The van der Waals surface area contributed by atoms with E-state index in [1.165, 1.54) is 24.9 Å². The lowest BCUT2D eigenvalue weighted by Gasteiger charge is -2.11. The second-order valence-electron chi connectivity index (χ2n) is 4.53. The first-order valence-corrected chi connectivity index (χ1v) is 6.93. The van der Waals surface area contributed by atoms with Crippen LogP contribution in [0.2, 0.25) is 0 Å². The minimum absolute atomic E-state index is 0.658. The molecule has 1 atom stereocenters. The SMILES string of the molecule is ClCCCOc1ccc(CC2CCCN2)cc1. The normalized spacial score (nSPS) is 19.5. The molecule has 0 bridgehead atoms. The summed E-state index contributed by atoms with van der Waals surface area (Å²) in [6.45, 7) is 1.87. The quantitative estimate of drug-likeness (QED) is 0.622. The topological polar surface area (TPSA) is 21.3 Å². The van der Waals surface area contributed by atoms with Crippen molar-refractivity contribution in [3.63, 3.8) is 0 Å². The Bertz CT molecular complexity index is 319. The maximum absolute atomic E-state index is 5.60. The minimum atomic E-state index is 0.658. The predicted molar refractivity (Wildman–Crippen MR) is 72.0 cm³/mol. The number of benzene rings is 1. The van der Waals surface area contributed by atoms with Crippen molar-refractivity contribution in [3.8, 4) is 5.75 Å². The van der Waals surface area contributed by atoms with Crippen LogP contribution in [-0.4, -0.2) is 25.1 Å². The monoisotopic (exact) mass is 253 g/mol. The van der Waals surface area contributed by atoms with E-state index in [-0.39, 0.29) is 0 Å². The van der Waals surface area contributed by atoms with E-state index in [0.29, 0.717) is 18.5 Å². The molecule has 1 aromatic rings. The summed E-state index contributed by atoms with van der Waals surface area (Å²) in [6.07, 6.45) is 4.63. The number of hydrogen-bond donors (Lipinski definition) is 1. The van der Waals surface area contributed by atoms with Crippen LogP contribution in [0.4, 0.5) is 0 Å². The number of ether oxygens (including phenoxy) is 1. The summed E-state index contributed by atoms with van der Waals surface area (Å²) in [6, 6.07) is 9.10. The molecule has 1 saturated heterocycles. The number of halogens is 1. The van der Waals surface area contributed by atoms with Gasteiger partial charge in [-0.15, -0.1) is 11.6 Å². The second-order valence-corrected chi connectivity index (χ2v) is 4.91. The molecule has 0 saturated carbocycles. The number of alkyl halides is 1. The fraction of sp³-hybridized carbons (Fsp3) is 0.571. The minimum Gasteiger partial charge on any atom is -0.494 e. The van der Waals surface area contributed by atoms with E-state index < -0.39 is 0 Å². The molecule has 94 valence electrons. The van der Waals surface area contributed by atoms with Gasteiger partial charge in [-0.25, -0.2) is 0 Å². The average Bonchev–Trinajstić information content (AvgIpc) is 2.85. The summed E-state index contributed by atoms with van der Waals surface area (Å²) in [5.74, 6) is 1.60. The average molecular weight is 254 g/mol. The molecule has 1 aliphatic rings. The summed E-state index contributed by atoms with van der Waals surface area (Å²) in [5, 5.41) is 3.52. The Hall–Kier alpha value is -0.730. The maximum atomic E-state index is 5.60. The van der Waals surface area contributed by atoms with Crippen molar-refractivity contribution in [1.29, 1.82) is 0 Å². The first kappa shape index (κ1) is 12.7. The Morgan fingerprint density at radius 2 is 2.12 bits per heavy atom.